The number of ether oxygens (including phenoxy) is 1. The third kappa shape index (κ3) is 3.50. The molecule has 1 amide bonds. The molecule has 1 aromatic heterocycles. The second-order valence-electron chi connectivity index (χ2n) is 4.35. The molecule has 0 aliphatic carbocycles. The second kappa shape index (κ2) is 6.60. The maximum Gasteiger partial charge on any atom is 0.253 e. The standard InChI is InChI=1S/C14H18N4O2/c1-20-10-4-5-11(12(15)9-10)14(19)18-6-2-3-13-16-7-8-17-13/h4-5,7-9H,2-3,6,15H2,1H3,(H,16,17)(H,18,19). The van der Waals surface area contributed by atoms with Crippen LogP contribution in [0.5, 0.6) is 5.75 Å². The van der Waals surface area contributed by atoms with E-state index in [-0.39, 0.29) is 5.91 Å². The van der Waals surface area contributed by atoms with Gasteiger partial charge in [0.15, 0.2) is 0 Å². The van der Waals surface area contributed by atoms with E-state index in [4.69, 9.17) is 10.5 Å². The molecular weight excluding hydrogens is 256 g/mol. The molecule has 0 saturated heterocycles. The highest BCUT2D eigenvalue weighted by atomic mass is 16.5. The molecule has 0 bridgehead atoms. The van der Waals surface area contributed by atoms with E-state index in [1.54, 1.807) is 37.7 Å². The summed E-state index contributed by atoms with van der Waals surface area (Å²) >= 11 is 0. The summed E-state index contributed by atoms with van der Waals surface area (Å²) in [4.78, 5) is 19.1. The van der Waals surface area contributed by atoms with Gasteiger partial charge in [-0.2, -0.15) is 0 Å². The van der Waals surface area contributed by atoms with Crippen LogP contribution in [0, 0.1) is 0 Å². The van der Waals surface area contributed by atoms with Crippen LogP contribution in [0.1, 0.15) is 22.6 Å². The SMILES string of the molecule is COc1ccc(C(=O)NCCCc2ncc[nH]2)c(N)c1. The molecule has 0 radical (unpaired) electrons. The van der Waals surface area contributed by atoms with Gasteiger partial charge in [-0.15, -0.1) is 0 Å². The lowest BCUT2D eigenvalue weighted by Crippen LogP contribution is -2.25. The number of nitrogens with one attached hydrogen (secondary N) is 2. The number of nitrogen functional groups attached to an aromatic ring is 1. The first-order chi connectivity index (χ1) is 9.70. The first-order valence-electron chi connectivity index (χ1n) is 6.40. The van der Waals surface area contributed by atoms with Crippen molar-refractivity contribution in [3.8, 4) is 5.75 Å². The molecule has 6 nitrogen and oxygen atoms in total. The number of aromatic amines is 1. The number of aromatic nitrogens is 2. The number of H-pyrrole nitrogens is 1. The van der Waals surface area contributed by atoms with Gasteiger partial charge in [-0.05, 0) is 18.6 Å². The van der Waals surface area contributed by atoms with Gasteiger partial charge in [0.2, 0.25) is 0 Å². The van der Waals surface area contributed by atoms with Crippen molar-refractivity contribution < 1.29 is 9.53 Å². The summed E-state index contributed by atoms with van der Waals surface area (Å²) in [6.45, 7) is 0.574. The Bertz CT molecular complexity index is 567. The highest BCUT2D eigenvalue weighted by molar-refractivity contribution is 5.99. The van der Waals surface area contributed by atoms with Crippen molar-refractivity contribution in [2.24, 2.45) is 0 Å². The minimum Gasteiger partial charge on any atom is -0.497 e. The zero-order chi connectivity index (χ0) is 14.4. The van der Waals surface area contributed by atoms with Crippen molar-refractivity contribution in [1.82, 2.24) is 15.3 Å². The molecule has 0 spiro atoms. The Labute approximate surface area is 117 Å². The highest BCUT2D eigenvalue weighted by Crippen LogP contribution is 2.19. The summed E-state index contributed by atoms with van der Waals surface area (Å²) in [5.41, 5.74) is 6.70. The van der Waals surface area contributed by atoms with E-state index in [1.165, 1.54) is 0 Å². The number of amides is 1. The van der Waals surface area contributed by atoms with Crippen LogP contribution in [0.4, 0.5) is 5.69 Å². The number of nitrogens with two attached hydrogens (primary N) is 1. The number of nitrogens with zero attached hydrogens (tertiary/aromatic N) is 1. The number of anilines is 1. The van der Waals surface area contributed by atoms with Crippen LogP contribution in [0.25, 0.3) is 0 Å². The molecule has 1 aromatic carbocycles. The number of hydrogen-bond acceptors (Lipinski definition) is 4. The lowest BCUT2D eigenvalue weighted by Gasteiger charge is -2.08. The fourth-order valence-corrected chi connectivity index (χ4v) is 1.86. The van der Waals surface area contributed by atoms with Crippen molar-refractivity contribution in [3.05, 3.63) is 42.0 Å². The lowest BCUT2D eigenvalue weighted by atomic mass is 10.1. The molecule has 0 fully saturated rings. The highest BCUT2D eigenvalue weighted by Gasteiger charge is 2.09. The van der Waals surface area contributed by atoms with E-state index in [9.17, 15) is 4.79 Å². The number of carbonyl (C=O) groups is 1. The van der Waals surface area contributed by atoms with Gasteiger partial charge in [0.05, 0.1) is 12.7 Å². The summed E-state index contributed by atoms with van der Waals surface area (Å²) in [6.07, 6.45) is 5.11. The van der Waals surface area contributed by atoms with E-state index < -0.39 is 0 Å². The summed E-state index contributed by atoms with van der Waals surface area (Å²) in [6, 6.07) is 5.02. The first kappa shape index (κ1) is 13.9. The Morgan fingerprint density at radius 1 is 1.50 bits per heavy atom. The van der Waals surface area contributed by atoms with Gasteiger partial charge in [0, 0.05) is 37.1 Å². The van der Waals surface area contributed by atoms with Gasteiger partial charge in [0.25, 0.3) is 5.91 Å². The van der Waals surface area contributed by atoms with E-state index in [0.29, 0.717) is 23.5 Å². The van der Waals surface area contributed by atoms with E-state index in [1.807, 2.05) is 0 Å². The van der Waals surface area contributed by atoms with Gasteiger partial charge < -0.3 is 20.8 Å². The number of carbonyl (C=O) groups excluding carboxylic acids is 1. The normalized spacial score (nSPS) is 10.2. The van der Waals surface area contributed by atoms with Crippen LogP contribution in [-0.4, -0.2) is 29.5 Å². The smallest absolute Gasteiger partial charge is 0.253 e. The summed E-state index contributed by atoms with van der Waals surface area (Å²) < 4.78 is 5.05. The predicted molar refractivity (Wildman–Crippen MR) is 76.6 cm³/mol. The molecule has 1 heterocycles. The molecule has 4 N–H and O–H groups in total. The Hall–Kier alpha value is -2.50. The molecule has 0 unspecified atom stereocenters. The molecule has 0 aliphatic rings. The van der Waals surface area contributed by atoms with Gasteiger partial charge in [-0.3, -0.25) is 4.79 Å². The maximum atomic E-state index is 12.0. The summed E-state index contributed by atoms with van der Waals surface area (Å²) in [7, 11) is 1.56. The Balaban J connectivity index is 1.82. The van der Waals surface area contributed by atoms with Gasteiger partial charge in [0.1, 0.15) is 11.6 Å². The topological polar surface area (TPSA) is 93.0 Å². The zero-order valence-electron chi connectivity index (χ0n) is 11.3. The Kier molecular flexibility index (Phi) is 4.60. The Morgan fingerprint density at radius 3 is 3.00 bits per heavy atom. The monoisotopic (exact) mass is 274 g/mol. The van der Waals surface area contributed by atoms with Crippen LogP contribution < -0.4 is 15.8 Å². The summed E-state index contributed by atoms with van der Waals surface area (Å²) in [5.74, 6) is 1.38. The predicted octanol–water partition coefficient (Wildman–Crippen LogP) is 1.36. The number of rotatable bonds is 6. The maximum absolute atomic E-state index is 12.0. The minimum atomic E-state index is -0.176. The largest absolute Gasteiger partial charge is 0.497 e. The number of imidazole rings is 1. The van der Waals surface area contributed by atoms with Crippen molar-refractivity contribution in [1.29, 1.82) is 0 Å². The Morgan fingerprint density at radius 2 is 2.35 bits per heavy atom. The average molecular weight is 274 g/mol. The van der Waals surface area contributed by atoms with Crippen molar-refractivity contribution in [3.63, 3.8) is 0 Å². The number of methoxy groups -OCH3 is 1. The number of aryl methyl sites for hydroxylation is 1. The van der Waals surface area contributed by atoms with Gasteiger partial charge in [-0.25, -0.2) is 4.98 Å². The van der Waals surface area contributed by atoms with Crippen LogP contribution in [-0.2, 0) is 6.42 Å². The molecule has 2 rings (SSSR count). The molecule has 6 heteroatoms. The zero-order valence-corrected chi connectivity index (χ0v) is 11.3. The van der Waals surface area contributed by atoms with E-state index in [2.05, 4.69) is 15.3 Å². The van der Waals surface area contributed by atoms with Crippen molar-refractivity contribution in [2.45, 2.75) is 12.8 Å². The van der Waals surface area contributed by atoms with Crippen molar-refractivity contribution >= 4 is 11.6 Å². The van der Waals surface area contributed by atoms with Crippen LogP contribution in [0.3, 0.4) is 0 Å². The molecule has 0 atom stereocenters. The first-order valence-corrected chi connectivity index (χ1v) is 6.40. The van der Waals surface area contributed by atoms with Crippen LogP contribution in [0.2, 0.25) is 0 Å². The minimum absolute atomic E-state index is 0.176. The molecule has 20 heavy (non-hydrogen) atoms. The van der Waals surface area contributed by atoms with E-state index >= 15 is 0 Å². The molecule has 2 aromatic rings. The number of hydrogen-bond donors (Lipinski definition) is 3. The lowest BCUT2D eigenvalue weighted by molar-refractivity contribution is 0.0954. The second-order valence-corrected chi connectivity index (χ2v) is 4.35. The summed E-state index contributed by atoms with van der Waals surface area (Å²) in [5, 5.41) is 2.84. The third-order valence-electron chi connectivity index (χ3n) is 2.93. The quantitative estimate of drug-likeness (QED) is 0.548. The molecule has 0 saturated carbocycles. The number of benzene rings is 1. The fourth-order valence-electron chi connectivity index (χ4n) is 1.86. The molecule has 0 aliphatic heterocycles. The van der Waals surface area contributed by atoms with Gasteiger partial charge in [-0.1, -0.05) is 0 Å². The van der Waals surface area contributed by atoms with Crippen LogP contribution >= 0.6 is 0 Å². The van der Waals surface area contributed by atoms with Crippen LogP contribution in [0.15, 0.2) is 30.6 Å². The fraction of sp³-hybridized carbons (Fsp3) is 0.286. The average Bonchev–Trinajstić information content (AvgIpc) is 2.96. The molecule has 106 valence electrons. The van der Waals surface area contributed by atoms with Gasteiger partial charge >= 0.3 is 0 Å². The van der Waals surface area contributed by atoms with E-state index in [0.717, 1.165) is 18.7 Å². The molecular formula is C14H18N4O2. The third-order valence-corrected chi connectivity index (χ3v) is 2.93. The van der Waals surface area contributed by atoms with Crippen molar-refractivity contribution in [2.75, 3.05) is 19.4 Å².